The zero-order chi connectivity index (χ0) is 51.3. The quantitative estimate of drug-likeness (QED) is 0.0802. The van der Waals surface area contributed by atoms with Crippen molar-refractivity contribution in [3.63, 3.8) is 0 Å². The van der Waals surface area contributed by atoms with Gasteiger partial charge < -0.3 is 39.4 Å². The Hall–Kier alpha value is -6.71. The average Bonchev–Trinajstić information content (AvgIpc) is 3.59. The van der Waals surface area contributed by atoms with Crippen LogP contribution in [0.25, 0.3) is 11.1 Å². The number of fused-ring (bicyclic) bond motifs is 4. The van der Waals surface area contributed by atoms with Gasteiger partial charge in [0, 0.05) is 43.5 Å². The highest BCUT2D eigenvalue weighted by molar-refractivity contribution is 5.96. The van der Waals surface area contributed by atoms with Gasteiger partial charge >= 0.3 is 24.2 Å². The van der Waals surface area contributed by atoms with E-state index in [1.54, 1.807) is 52.0 Å². The zero-order valence-electron chi connectivity index (χ0n) is 41.9. The van der Waals surface area contributed by atoms with Crippen LogP contribution in [-0.4, -0.2) is 113 Å². The maximum Gasteiger partial charge on any atom is 0.410 e. The smallest absolute Gasteiger partial charge is 0.410 e. The lowest BCUT2D eigenvalue weighted by molar-refractivity contribution is -0.150. The van der Waals surface area contributed by atoms with Gasteiger partial charge in [0.2, 0.25) is 11.8 Å². The van der Waals surface area contributed by atoms with Gasteiger partial charge in [0.25, 0.3) is 0 Å². The van der Waals surface area contributed by atoms with Crippen molar-refractivity contribution in [2.45, 2.75) is 129 Å². The Labute approximate surface area is 411 Å². The lowest BCUT2D eigenvalue weighted by atomic mass is 9.98. The van der Waals surface area contributed by atoms with E-state index in [0.717, 1.165) is 22.3 Å². The summed E-state index contributed by atoms with van der Waals surface area (Å²) in [6.07, 6.45) is 0.134. The summed E-state index contributed by atoms with van der Waals surface area (Å²) in [5, 5.41) is 5.49. The van der Waals surface area contributed by atoms with E-state index in [-0.39, 0.29) is 77.5 Å². The Kier molecular flexibility index (Phi) is 18.8. The van der Waals surface area contributed by atoms with Crippen molar-refractivity contribution in [1.29, 1.82) is 0 Å². The molecule has 1 saturated carbocycles. The summed E-state index contributed by atoms with van der Waals surface area (Å²) in [7, 11) is 0. The van der Waals surface area contributed by atoms with Crippen molar-refractivity contribution in [2.24, 2.45) is 5.92 Å². The molecule has 0 bridgehead atoms. The Balaban J connectivity index is 0.00000222. The molecule has 16 heteroatoms. The molecule has 70 heavy (non-hydrogen) atoms. The van der Waals surface area contributed by atoms with Gasteiger partial charge in [-0.25, -0.2) is 23.6 Å². The zero-order valence-corrected chi connectivity index (χ0v) is 41.9. The number of carbonyl (C=O) groups excluding carboxylic acids is 6. The largest absolute Gasteiger partial charge is 0.464 e. The SMILES string of the molecule is C=CCN(CCC[C@H](NC(=O)OC(C)(C)C)C(=O)N1C[C@H](OC(=O)N2Cc3cccc(F)c3C2)C[C@H]1C(=O)N[C@]1(C(=O)OCC)C[C@H]1C=C)C(=O)OCC1c2ccccc2-c2ccccc21.CC.CC. The minimum atomic E-state index is -1.40. The van der Waals surface area contributed by atoms with Crippen molar-refractivity contribution < 1.29 is 52.1 Å². The molecule has 2 heterocycles. The van der Waals surface area contributed by atoms with Gasteiger partial charge in [-0.15, -0.1) is 13.2 Å². The topological polar surface area (TPSA) is 173 Å². The molecule has 2 aliphatic heterocycles. The summed E-state index contributed by atoms with van der Waals surface area (Å²) in [5.74, 6) is -3.06. The lowest BCUT2D eigenvalue weighted by Crippen LogP contribution is -2.57. The van der Waals surface area contributed by atoms with E-state index >= 15 is 0 Å². The standard InChI is InChI=1S/C50H58FN5O10.2C2H6/c1-7-23-54(47(61)64-30-39-36-19-12-10-17-34(36)35-18-11-13-20-37(35)39)24-15-22-41(52-46(60)66-49(4,5)6)44(58)56-28-33(65-48(62)55-27-31-16-14-21-40(51)38(31)29-55)25-42(56)43(57)53-50(26-32(50)8-2)45(59)63-9-3;2*1-2/h7-8,10-14,16-21,32-33,39,41-42H,1-2,9,15,22-30H2,3-6H3,(H,52,60)(H,53,57);2*1-2H3/t32-,33-,41+,42+,50-;;/m1../s1. The molecule has 2 aliphatic carbocycles. The predicted molar refractivity (Wildman–Crippen MR) is 264 cm³/mol. The molecule has 378 valence electrons. The Morgan fingerprint density at radius 3 is 2.16 bits per heavy atom. The third kappa shape index (κ3) is 12.5. The van der Waals surface area contributed by atoms with E-state index in [1.165, 1.54) is 20.8 Å². The number of nitrogens with one attached hydrogen (secondary N) is 2. The molecule has 5 atom stereocenters. The summed E-state index contributed by atoms with van der Waals surface area (Å²) >= 11 is 0. The minimum absolute atomic E-state index is 0.0133. The molecule has 0 radical (unpaired) electrons. The number of amides is 5. The molecule has 7 rings (SSSR count). The van der Waals surface area contributed by atoms with Crippen LogP contribution in [0.1, 0.15) is 109 Å². The number of esters is 1. The molecule has 3 aromatic rings. The Morgan fingerprint density at radius 1 is 0.914 bits per heavy atom. The van der Waals surface area contributed by atoms with Gasteiger partial charge in [-0.05, 0) is 80.8 Å². The van der Waals surface area contributed by atoms with Gasteiger partial charge in [-0.1, -0.05) is 101 Å². The highest BCUT2D eigenvalue weighted by Gasteiger charge is 2.62. The molecule has 1 saturated heterocycles. The maximum absolute atomic E-state index is 14.8. The van der Waals surface area contributed by atoms with Crippen molar-refractivity contribution >= 4 is 36.1 Å². The van der Waals surface area contributed by atoms with E-state index in [2.05, 4.69) is 35.9 Å². The van der Waals surface area contributed by atoms with Gasteiger partial charge in [0.05, 0.1) is 19.7 Å². The molecular formula is C54H70FN5O10. The van der Waals surface area contributed by atoms with Crippen LogP contribution in [0.4, 0.5) is 18.8 Å². The summed E-state index contributed by atoms with van der Waals surface area (Å²) in [6, 6.07) is 18.1. The third-order valence-corrected chi connectivity index (χ3v) is 12.4. The number of benzene rings is 3. The number of nitrogens with zero attached hydrogens (tertiary/aromatic N) is 3. The fourth-order valence-electron chi connectivity index (χ4n) is 9.16. The number of ether oxygens (including phenoxy) is 4. The van der Waals surface area contributed by atoms with E-state index in [4.69, 9.17) is 18.9 Å². The predicted octanol–water partition coefficient (Wildman–Crippen LogP) is 9.03. The molecule has 2 fully saturated rings. The first-order valence-corrected chi connectivity index (χ1v) is 24.4. The minimum Gasteiger partial charge on any atom is -0.464 e. The Bertz CT molecular complexity index is 2340. The van der Waals surface area contributed by atoms with Gasteiger partial charge in [-0.3, -0.25) is 14.5 Å². The lowest BCUT2D eigenvalue weighted by Gasteiger charge is -2.30. The maximum atomic E-state index is 14.8. The van der Waals surface area contributed by atoms with Crippen LogP contribution in [0, 0.1) is 11.7 Å². The van der Waals surface area contributed by atoms with Crippen LogP contribution in [-0.2, 0) is 46.4 Å². The van der Waals surface area contributed by atoms with Crippen LogP contribution < -0.4 is 10.6 Å². The van der Waals surface area contributed by atoms with E-state index in [1.807, 2.05) is 64.1 Å². The highest BCUT2D eigenvalue weighted by Crippen LogP contribution is 2.46. The average molecular weight is 968 g/mol. The van der Waals surface area contributed by atoms with E-state index < -0.39 is 77.1 Å². The molecule has 5 amide bonds. The first kappa shape index (κ1) is 54.2. The van der Waals surface area contributed by atoms with Crippen LogP contribution in [0.3, 0.4) is 0 Å². The third-order valence-electron chi connectivity index (χ3n) is 12.4. The van der Waals surface area contributed by atoms with E-state index in [0.29, 0.717) is 11.1 Å². The summed E-state index contributed by atoms with van der Waals surface area (Å²) in [4.78, 5) is 86.9. The van der Waals surface area contributed by atoms with Gasteiger partial charge in [0.15, 0.2) is 0 Å². The fraction of sp³-hybridized carbons (Fsp3) is 0.481. The summed E-state index contributed by atoms with van der Waals surface area (Å²) < 4.78 is 37.3. The molecule has 0 aromatic heterocycles. The fourth-order valence-corrected chi connectivity index (χ4v) is 9.16. The highest BCUT2D eigenvalue weighted by atomic mass is 19.1. The Morgan fingerprint density at radius 2 is 1.57 bits per heavy atom. The second-order valence-electron chi connectivity index (χ2n) is 18.1. The van der Waals surface area contributed by atoms with Crippen LogP contribution >= 0.6 is 0 Å². The number of carbonyl (C=O) groups is 6. The van der Waals surface area contributed by atoms with Crippen LogP contribution in [0.5, 0.6) is 0 Å². The van der Waals surface area contributed by atoms with Crippen molar-refractivity contribution in [3.8, 4) is 11.1 Å². The molecule has 4 aliphatic rings. The number of likely N-dealkylation sites (tertiary alicyclic amines) is 1. The molecular weight excluding hydrogens is 898 g/mol. The number of halogens is 1. The monoisotopic (exact) mass is 968 g/mol. The molecule has 0 spiro atoms. The molecule has 2 N–H and O–H groups in total. The van der Waals surface area contributed by atoms with E-state index in [9.17, 15) is 33.2 Å². The normalized spacial score (nSPS) is 19.8. The second kappa shape index (κ2) is 24.2. The molecule has 0 unspecified atom stereocenters. The summed E-state index contributed by atoms with van der Waals surface area (Å²) in [6.45, 7) is 22.5. The number of rotatable bonds is 16. The second-order valence-corrected chi connectivity index (χ2v) is 18.1. The molecule has 15 nitrogen and oxygen atoms in total. The first-order valence-electron chi connectivity index (χ1n) is 24.4. The number of hydrogen-bond acceptors (Lipinski definition) is 10. The van der Waals surface area contributed by atoms with Crippen molar-refractivity contribution in [1.82, 2.24) is 25.3 Å². The first-order chi connectivity index (χ1) is 33.6. The van der Waals surface area contributed by atoms with Crippen molar-refractivity contribution in [3.05, 3.63) is 120 Å². The molecule has 3 aromatic carbocycles. The van der Waals surface area contributed by atoms with Crippen LogP contribution in [0.2, 0.25) is 0 Å². The summed E-state index contributed by atoms with van der Waals surface area (Å²) in [5.41, 5.74) is 3.00. The van der Waals surface area contributed by atoms with Gasteiger partial charge in [0.1, 0.15) is 41.8 Å². The number of hydrogen-bond donors (Lipinski definition) is 2. The van der Waals surface area contributed by atoms with Crippen molar-refractivity contribution in [2.75, 3.05) is 32.8 Å². The number of alkyl carbamates (subject to hydrolysis) is 1. The van der Waals surface area contributed by atoms with Crippen LogP contribution in [0.15, 0.2) is 92.0 Å². The van der Waals surface area contributed by atoms with Gasteiger partial charge in [-0.2, -0.15) is 0 Å².